The summed E-state index contributed by atoms with van der Waals surface area (Å²) in [4.78, 5) is 1.11. The standard InChI is InChI=1S/C6H12S/c1-5(2)4-6(3)7/h4-5,7H,1-3H3/b6-4+. The summed E-state index contributed by atoms with van der Waals surface area (Å²) < 4.78 is 0. The molecule has 0 bridgehead atoms. The van der Waals surface area contributed by atoms with E-state index in [1.54, 1.807) is 0 Å². The molecule has 0 spiro atoms. The van der Waals surface area contributed by atoms with Crippen molar-refractivity contribution in [3.63, 3.8) is 0 Å². The average Bonchev–Trinajstić information content (AvgIpc) is 1.27. The molecule has 7 heavy (non-hydrogen) atoms. The van der Waals surface area contributed by atoms with Crippen LogP contribution in [-0.4, -0.2) is 0 Å². The van der Waals surface area contributed by atoms with Crippen LogP contribution in [0.15, 0.2) is 11.0 Å². The Morgan fingerprint density at radius 2 is 2.00 bits per heavy atom. The Kier molecular flexibility index (Phi) is 3.18. The van der Waals surface area contributed by atoms with Crippen LogP contribution in [0.4, 0.5) is 0 Å². The van der Waals surface area contributed by atoms with Gasteiger partial charge in [0, 0.05) is 0 Å². The number of allylic oxidation sites excluding steroid dienone is 2. The first kappa shape index (κ1) is 7.09. The number of hydrogen-bond donors (Lipinski definition) is 1. The van der Waals surface area contributed by atoms with E-state index in [4.69, 9.17) is 0 Å². The molecule has 0 saturated carbocycles. The molecule has 0 atom stereocenters. The highest BCUT2D eigenvalue weighted by Gasteiger charge is 1.83. The molecule has 0 aliphatic heterocycles. The highest BCUT2D eigenvalue weighted by atomic mass is 32.1. The van der Waals surface area contributed by atoms with Crippen LogP contribution in [0.3, 0.4) is 0 Å². The summed E-state index contributed by atoms with van der Waals surface area (Å²) in [6.45, 7) is 6.27. The predicted octanol–water partition coefficient (Wildman–Crippen LogP) is 2.48. The minimum Gasteiger partial charge on any atom is -0.149 e. The lowest BCUT2D eigenvalue weighted by Gasteiger charge is -1.92. The normalized spacial score (nSPS) is 13.0. The molecule has 0 aliphatic carbocycles. The predicted molar refractivity (Wildman–Crippen MR) is 37.6 cm³/mol. The van der Waals surface area contributed by atoms with Crippen molar-refractivity contribution >= 4 is 12.6 Å². The van der Waals surface area contributed by atoms with Gasteiger partial charge in [-0.2, -0.15) is 0 Å². The lowest BCUT2D eigenvalue weighted by atomic mass is 10.2. The summed E-state index contributed by atoms with van der Waals surface area (Å²) in [5, 5.41) is 0. The van der Waals surface area contributed by atoms with Gasteiger partial charge in [-0.05, 0) is 17.7 Å². The third-order valence-corrected chi connectivity index (χ3v) is 0.724. The summed E-state index contributed by atoms with van der Waals surface area (Å²) in [5.74, 6) is 0.637. The van der Waals surface area contributed by atoms with Gasteiger partial charge >= 0.3 is 0 Å². The van der Waals surface area contributed by atoms with Gasteiger partial charge in [-0.3, -0.25) is 0 Å². The molecule has 0 nitrogen and oxygen atoms in total. The zero-order valence-corrected chi connectivity index (χ0v) is 6.00. The molecule has 0 N–H and O–H groups in total. The highest BCUT2D eigenvalue weighted by Crippen LogP contribution is 2.03. The van der Waals surface area contributed by atoms with Gasteiger partial charge in [0.1, 0.15) is 0 Å². The van der Waals surface area contributed by atoms with Gasteiger partial charge in [-0.25, -0.2) is 0 Å². The maximum Gasteiger partial charge on any atom is -0.0253 e. The molecule has 0 aliphatic rings. The Balaban J connectivity index is 3.45. The van der Waals surface area contributed by atoms with Gasteiger partial charge in [0.05, 0.1) is 0 Å². The maximum absolute atomic E-state index is 4.10. The second-order valence-electron chi connectivity index (χ2n) is 2.05. The Labute approximate surface area is 51.0 Å². The summed E-state index contributed by atoms with van der Waals surface area (Å²) in [6, 6.07) is 0. The molecule has 0 rings (SSSR count). The minimum absolute atomic E-state index is 0.637. The molecule has 1 heteroatoms. The van der Waals surface area contributed by atoms with E-state index in [-0.39, 0.29) is 0 Å². The topological polar surface area (TPSA) is 0 Å². The average molecular weight is 116 g/mol. The van der Waals surface area contributed by atoms with Crippen LogP contribution >= 0.6 is 12.6 Å². The minimum atomic E-state index is 0.637. The van der Waals surface area contributed by atoms with Gasteiger partial charge < -0.3 is 0 Å². The van der Waals surface area contributed by atoms with E-state index in [1.807, 2.05) is 6.92 Å². The van der Waals surface area contributed by atoms with Gasteiger partial charge in [0.15, 0.2) is 0 Å². The molecule has 0 unspecified atom stereocenters. The van der Waals surface area contributed by atoms with E-state index < -0.39 is 0 Å². The lowest BCUT2D eigenvalue weighted by Crippen LogP contribution is -1.76. The number of thiol groups is 1. The molecule has 0 saturated heterocycles. The van der Waals surface area contributed by atoms with E-state index in [1.165, 1.54) is 0 Å². The van der Waals surface area contributed by atoms with E-state index >= 15 is 0 Å². The molecule has 0 aromatic carbocycles. The van der Waals surface area contributed by atoms with Gasteiger partial charge in [-0.15, -0.1) is 12.6 Å². The Morgan fingerprint density at radius 3 is 2.00 bits per heavy atom. The summed E-state index contributed by atoms with van der Waals surface area (Å²) in [7, 11) is 0. The molecule has 0 fully saturated rings. The largest absolute Gasteiger partial charge is 0.149 e. The van der Waals surface area contributed by atoms with E-state index in [0.717, 1.165) is 4.91 Å². The zero-order chi connectivity index (χ0) is 5.86. The second kappa shape index (κ2) is 3.14. The SMILES string of the molecule is C/C(S)=C\C(C)C. The Bertz CT molecular complexity index is 68.2. The monoisotopic (exact) mass is 116 g/mol. The smallest absolute Gasteiger partial charge is 0.0253 e. The first-order valence-corrected chi connectivity index (χ1v) is 2.95. The van der Waals surface area contributed by atoms with Gasteiger partial charge in [-0.1, -0.05) is 19.9 Å². The molecule has 42 valence electrons. The molecular formula is C6H12S. The summed E-state index contributed by atoms with van der Waals surface area (Å²) in [6.07, 6.45) is 2.11. The molecule has 0 aromatic heterocycles. The molecular weight excluding hydrogens is 104 g/mol. The van der Waals surface area contributed by atoms with Crippen LogP contribution in [0.1, 0.15) is 20.8 Å². The van der Waals surface area contributed by atoms with Crippen LogP contribution in [0, 0.1) is 5.92 Å². The van der Waals surface area contributed by atoms with Crippen molar-refractivity contribution in [2.24, 2.45) is 5.92 Å². The Morgan fingerprint density at radius 1 is 1.57 bits per heavy atom. The second-order valence-corrected chi connectivity index (χ2v) is 2.76. The van der Waals surface area contributed by atoms with Crippen molar-refractivity contribution < 1.29 is 0 Å². The van der Waals surface area contributed by atoms with Crippen LogP contribution in [-0.2, 0) is 0 Å². The van der Waals surface area contributed by atoms with E-state index in [0.29, 0.717) is 5.92 Å². The van der Waals surface area contributed by atoms with Crippen molar-refractivity contribution in [2.45, 2.75) is 20.8 Å². The van der Waals surface area contributed by atoms with E-state index in [2.05, 4.69) is 32.6 Å². The van der Waals surface area contributed by atoms with Crippen LogP contribution in [0.25, 0.3) is 0 Å². The van der Waals surface area contributed by atoms with Gasteiger partial charge in [0.25, 0.3) is 0 Å². The summed E-state index contributed by atoms with van der Waals surface area (Å²) in [5.41, 5.74) is 0. The number of hydrogen-bond acceptors (Lipinski definition) is 1. The first-order valence-electron chi connectivity index (χ1n) is 2.50. The van der Waals surface area contributed by atoms with E-state index in [9.17, 15) is 0 Å². The fourth-order valence-corrected chi connectivity index (χ4v) is 0.781. The molecule has 0 amide bonds. The van der Waals surface area contributed by atoms with Crippen molar-refractivity contribution in [1.29, 1.82) is 0 Å². The van der Waals surface area contributed by atoms with Crippen molar-refractivity contribution in [3.8, 4) is 0 Å². The Hall–Kier alpha value is 0.0900. The molecule has 0 heterocycles. The van der Waals surface area contributed by atoms with Crippen LogP contribution in [0.2, 0.25) is 0 Å². The molecule has 0 aromatic rings. The van der Waals surface area contributed by atoms with Crippen molar-refractivity contribution in [3.05, 3.63) is 11.0 Å². The van der Waals surface area contributed by atoms with Crippen molar-refractivity contribution in [1.82, 2.24) is 0 Å². The van der Waals surface area contributed by atoms with Gasteiger partial charge in [0.2, 0.25) is 0 Å². The quantitative estimate of drug-likeness (QED) is 0.500. The fourth-order valence-electron chi connectivity index (χ4n) is 0.482. The van der Waals surface area contributed by atoms with Crippen molar-refractivity contribution in [2.75, 3.05) is 0 Å². The third-order valence-electron chi connectivity index (χ3n) is 0.575. The zero-order valence-electron chi connectivity index (χ0n) is 5.10. The van der Waals surface area contributed by atoms with Crippen LogP contribution < -0.4 is 0 Å². The molecule has 0 radical (unpaired) electrons. The highest BCUT2D eigenvalue weighted by molar-refractivity contribution is 7.84. The summed E-state index contributed by atoms with van der Waals surface area (Å²) >= 11 is 4.10. The lowest BCUT2D eigenvalue weighted by molar-refractivity contribution is 0.828. The first-order chi connectivity index (χ1) is 3.13. The maximum atomic E-state index is 4.10. The fraction of sp³-hybridized carbons (Fsp3) is 0.667. The number of rotatable bonds is 1. The third kappa shape index (κ3) is 6.09. The van der Waals surface area contributed by atoms with Crippen LogP contribution in [0.5, 0.6) is 0 Å².